The largest absolute Gasteiger partial charge is 0.465 e. The van der Waals surface area contributed by atoms with Crippen molar-refractivity contribution in [1.82, 2.24) is 15.1 Å². The molecule has 0 bridgehead atoms. The van der Waals surface area contributed by atoms with Gasteiger partial charge < -0.3 is 20.2 Å². The summed E-state index contributed by atoms with van der Waals surface area (Å²) in [4.78, 5) is 38.5. The number of carboxylic acid groups (broad SMARTS) is 1. The molecule has 2 saturated heterocycles. The van der Waals surface area contributed by atoms with Crippen LogP contribution in [0.5, 0.6) is 0 Å². The first-order chi connectivity index (χ1) is 11.8. The zero-order valence-corrected chi connectivity index (χ0v) is 14.6. The van der Waals surface area contributed by atoms with Crippen LogP contribution in [0.3, 0.4) is 0 Å². The summed E-state index contributed by atoms with van der Waals surface area (Å²) in [5, 5.41) is 11.8. The average Bonchev–Trinajstić information content (AvgIpc) is 2.45. The van der Waals surface area contributed by atoms with E-state index in [0.29, 0.717) is 31.2 Å². The summed E-state index contributed by atoms with van der Waals surface area (Å²) in [6.45, 7) is 3.96. The van der Waals surface area contributed by atoms with Crippen LogP contribution in [0.1, 0.15) is 12.5 Å². The van der Waals surface area contributed by atoms with Crippen LogP contribution in [0.2, 0.25) is 5.02 Å². The minimum Gasteiger partial charge on any atom is -0.465 e. The predicted molar refractivity (Wildman–Crippen MR) is 91.4 cm³/mol. The Morgan fingerprint density at radius 2 is 1.80 bits per heavy atom. The Morgan fingerprint density at radius 1 is 1.20 bits per heavy atom. The molecule has 1 aromatic carbocycles. The van der Waals surface area contributed by atoms with Crippen molar-refractivity contribution in [3.63, 3.8) is 0 Å². The third-order valence-electron chi connectivity index (χ3n) is 4.84. The van der Waals surface area contributed by atoms with Gasteiger partial charge in [-0.25, -0.2) is 4.79 Å². The van der Waals surface area contributed by atoms with Crippen molar-refractivity contribution in [3.8, 4) is 0 Å². The Bertz CT molecular complexity index is 710. The first-order valence-electron chi connectivity index (χ1n) is 8.07. The van der Waals surface area contributed by atoms with Gasteiger partial charge in [-0.2, -0.15) is 0 Å². The molecule has 134 valence electrons. The zero-order valence-electron chi connectivity index (χ0n) is 13.9. The molecule has 0 radical (unpaired) electrons. The molecule has 0 aromatic heterocycles. The van der Waals surface area contributed by atoms with Gasteiger partial charge in [-0.15, -0.1) is 0 Å². The van der Waals surface area contributed by atoms with Gasteiger partial charge in [0.2, 0.25) is 11.8 Å². The van der Waals surface area contributed by atoms with Crippen molar-refractivity contribution in [2.24, 2.45) is 5.41 Å². The Balaban J connectivity index is 1.62. The molecule has 1 spiro atoms. The molecule has 3 rings (SSSR count). The van der Waals surface area contributed by atoms with E-state index in [1.54, 1.807) is 34.1 Å². The highest BCUT2D eigenvalue weighted by Gasteiger charge is 2.54. The molecule has 2 heterocycles. The monoisotopic (exact) mass is 365 g/mol. The second-order valence-electron chi connectivity index (χ2n) is 6.87. The lowest BCUT2D eigenvalue weighted by molar-refractivity contribution is -0.168. The van der Waals surface area contributed by atoms with Crippen LogP contribution in [0.15, 0.2) is 24.3 Å². The summed E-state index contributed by atoms with van der Waals surface area (Å²) in [6.07, 6.45) is -1.04. The zero-order chi connectivity index (χ0) is 18.2. The third-order valence-corrected chi connectivity index (χ3v) is 5.21. The van der Waals surface area contributed by atoms with Gasteiger partial charge >= 0.3 is 6.09 Å². The number of rotatable bonds is 4. The van der Waals surface area contributed by atoms with E-state index in [1.807, 2.05) is 0 Å². The molecule has 1 atom stereocenters. The number of carbonyl (C=O) groups is 3. The topological polar surface area (TPSA) is 90.0 Å². The lowest BCUT2D eigenvalue weighted by Gasteiger charge is -2.60. The van der Waals surface area contributed by atoms with Gasteiger partial charge in [-0.1, -0.05) is 29.8 Å². The fraction of sp³-hybridized carbons (Fsp3) is 0.471. The number of hydrogen-bond acceptors (Lipinski definition) is 3. The number of halogens is 1. The van der Waals surface area contributed by atoms with Crippen LogP contribution in [0.4, 0.5) is 4.79 Å². The van der Waals surface area contributed by atoms with Crippen LogP contribution in [-0.2, 0) is 16.0 Å². The third kappa shape index (κ3) is 3.56. The van der Waals surface area contributed by atoms with E-state index in [2.05, 4.69) is 5.32 Å². The Labute approximate surface area is 150 Å². The summed E-state index contributed by atoms with van der Waals surface area (Å²) < 4.78 is 0. The van der Waals surface area contributed by atoms with Gasteiger partial charge in [0, 0.05) is 50.0 Å². The number of likely N-dealkylation sites (tertiary alicyclic amines) is 2. The van der Waals surface area contributed by atoms with E-state index in [4.69, 9.17) is 16.7 Å². The number of nitrogens with one attached hydrogen (secondary N) is 1. The second-order valence-corrected chi connectivity index (χ2v) is 7.27. The maximum Gasteiger partial charge on any atom is 0.405 e. The highest BCUT2D eigenvalue weighted by atomic mass is 35.5. The minimum atomic E-state index is -1.24. The molecule has 0 saturated carbocycles. The van der Waals surface area contributed by atoms with Crippen molar-refractivity contribution in [2.75, 3.05) is 26.2 Å². The van der Waals surface area contributed by atoms with E-state index in [9.17, 15) is 14.4 Å². The first-order valence-corrected chi connectivity index (χ1v) is 8.45. The second kappa shape index (κ2) is 6.55. The smallest absolute Gasteiger partial charge is 0.405 e. The maximum absolute atomic E-state index is 12.7. The highest BCUT2D eigenvalue weighted by Crippen LogP contribution is 2.39. The maximum atomic E-state index is 12.7. The standard InChI is InChI=1S/C17H20ClN3O4/c1-11(22)20-7-17(8-20)9-21(10-17)15(23)14(19-16(24)25)6-12-4-2-3-5-13(12)18/h2-5,14,19H,6-10H2,1H3,(H,24,25). The summed E-state index contributed by atoms with van der Waals surface area (Å²) in [6, 6.07) is 6.19. The van der Waals surface area contributed by atoms with Gasteiger partial charge in [0.25, 0.3) is 0 Å². The molecule has 1 aromatic rings. The van der Waals surface area contributed by atoms with E-state index < -0.39 is 12.1 Å². The number of nitrogens with zero attached hydrogens (tertiary/aromatic N) is 2. The van der Waals surface area contributed by atoms with E-state index in [0.717, 1.165) is 5.56 Å². The van der Waals surface area contributed by atoms with Crippen LogP contribution in [-0.4, -0.2) is 65.0 Å². The quantitative estimate of drug-likeness (QED) is 0.839. The van der Waals surface area contributed by atoms with Gasteiger partial charge in [0.15, 0.2) is 0 Å². The minimum absolute atomic E-state index is 0.0144. The SMILES string of the molecule is CC(=O)N1CC2(C1)CN(C(=O)C(Cc1ccccc1Cl)NC(=O)O)C2. The normalized spacial score (nSPS) is 19.0. The van der Waals surface area contributed by atoms with E-state index in [-0.39, 0.29) is 23.7 Å². The molecule has 3 amide bonds. The molecular weight excluding hydrogens is 346 g/mol. The van der Waals surface area contributed by atoms with Gasteiger partial charge in [-0.3, -0.25) is 9.59 Å². The molecule has 0 aliphatic carbocycles. The summed E-state index contributed by atoms with van der Waals surface area (Å²) >= 11 is 6.12. The van der Waals surface area contributed by atoms with E-state index in [1.165, 1.54) is 6.92 Å². The molecule has 2 fully saturated rings. The number of carbonyl (C=O) groups excluding carboxylic acids is 2. The van der Waals surface area contributed by atoms with Gasteiger partial charge in [0.05, 0.1) is 0 Å². The molecule has 2 N–H and O–H groups in total. The van der Waals surface area contributed by atoms with Crippen LogP contribution in [0, 0.1) is 5.41 Å². The Hall–Kier alpha value is -2.28. The van der Waals surface area contributed by atoms with Crippen molar-refractivity contribution in [2.45, 2.75) is 19.4 Å². The lowest BCUT2D eigenvalue weighted by Crippen LogP contribution is -2.74. The molecular formula is C17H20ClN3O4. The summed E-state index contributed by atoms with van der Waals surface area (Å²) in [5.41, 5.74) is 0.706. The van der Waals surface area contributed by atoms with Gasteiger partial charge in [0.1, 0.15) is 6.04 Å². The highest BCUT2D eigenvalue weighted by molar-refractivity contribution is 6.31. The number of benzene rings is 1. The molecule has 2 aliphatic heterocycles. The van der Waals surface area contributed by atoms with Crippen LogP contribution >= 0.6 is 11.6 Å². The number of amides is 3. The summed E-state index contributed by atoms with van der Waals surface area (Å²) in [7, 11) is 0. The first kappa shape index (κ1) is 17.5. The van der Waals surface area contributed by atoms with Crippen molar-refractivity contribution in [3.05, 3.63) is 34.9 Å². The lowest BCUT2D eigenvalue weighted by atomic mass is 9.72. The molecule has 2 aliphatic rings. The fourth-order valence-corrected chi connectivity index (χ4v) is 3.77. The Kier molecular flexibility index (Phi) is 4.60. The molecule has 7 nitrogen and oxygen atoms in total. The van der Waals surface area contributed by atoms with Crippen molar-refractivity contribution >= 4 is 29.5 Å². The average molecular weight is 366 g/mol. The van der Waals surface area contributed by atoms with Gasteiger partial charge in [-0.05, 0) is 11.6 Å². The predicted octanol–water partition coefficient (Wildman–Crippen LogP) is 1.21. The molecule has 1 unspecified atom stereocenters. The fourth-order valence-electron chi connectivity index (χ4n) is 3.56. The number of hydrogen-bond donors (Lipinski definition) is 2. The summed E-state index contributed by atoms with van der Waals surface area (Å²) in [5.74, 6) is -0.214. The van der Waals surface area contributed by atoms with Crippen molar-refractivity contribution < 1.29 is 19.5 Å². The van der Waals surface area contributed by atoms with E-state index >= 15 is 0 Å². The Morgan fingerprint density at radius 3 is 2.36 bits per heavy atom. The van der Waals surface area contributed by atoms with Crippen LogP contribution in [0.25, 0.3) is 0 Å². The molecule has 25 heavy (non-hydrogen) atoms. The molecule has 8 heteroatoms. The van der Waals surface area contributed by atoms with Crippen molar-refractivity contribution in [1.29, 1.82) is 0 Å². The van der Waals surface area contributed by atoms with Crippen LogP contribution < -0.4 is 5.32 Å².